The summed E-state index contributed by atoms with van der Waals surface area (Å²) in [6, 6.07) is 10.2. The molecule has 164 valence electrons. The van der Waals surface area contributed by atoms with Crippen molar-refractivity contribution in [2.75, 3.05) is 11.4 Å². The molecule has 0 spiro atoms. The van der Waals surface area contributed by atoms with Gasteiger partial charge in [0.15, 0.2) is 11.5 Å². The van der Waals surface area contributed by atoms with Crippen molar-refractivity contribution in [2.24, 2.45) is 5.73 Å². The van der Waals surface area contributed by atoms with Crippen molar-refractivity contribution in [1.29, 1.82) is 0 Å². The smallest absolute Gasteiger partial charge is 0.416 e. The predicted molar refractivity (Wildman–Crippen MR) is 115 cm³/mol. The lowest BCUT2D eigenvalue weighted by Crippen LogP contribution is -2.42. The van der Waals surface area contributed by atoms with E-state index in [1.807, 2.05) is 0 Å². The lowest BCUT2D eigenvalue weighted by Gasteiger charge is -2.25. The molecule has 31 heavy (non-hydrogen) atoms. The van der Waals surface area contributed by atoms with Crippen LogP contribution in [0.5, 0.6) is 0 Å². The van der Waals surface area contributed by atoms with Gasteiger partial charge in [0.05, 0.1) is 11.9 Å². The Kier molecular flexibility index (Phi) is 5.98. The number of benzene rings is 1. The highest BCUT2D eigenvalue weighted by Gasteiger charge is 2.27. The van der Waals surface area contributed by atoms with Crippen molar-refractivity contribution in [3.05, 3.63) is 54.4 Å². The van der Waals surface area contributed by atoms with Crippen LogP contribution in [-0.2, 0) is 25.3 Å². The number of carbonyl (C=O) groups excluding carboxylic acids is 2. The molecule has 10 nitrogen and oxygen atoms in total. The van der Waals surface area contributed by atoms with Crippen LogP contribution in [0.1, 0.15) is 26.3 Å². The van der Waals surface area contributed by atoms with Gasteiger partial charge in [-0.25, -0.2) is 27.2 Å². The minimum absolute atomic E-state index is 0.0127. The highest BCUT2D eigenvalue weighted by atomic mass is 32.2. The van der Waals surface area contributed by atoms with Crippen molar-refractivity contribution in [2.45, 2.75) is 32.1 Å². The van der Waals surface area contributed by atoms with E-state index in [-0.39, 0.29) is 22.7 Å². The molecule has 0 saturated heterocycles. The Morgan fingerprint density at radius 2 is 1.84 bits per heavy atom. The van der Waals surface area contributed by atoms with E-state index in [0.29, 0.717) is 5.56 Å². The van der Waals surface area contributed by atoms with Gasteiger partial charge in [-0.1, -0.05) is 30.3 Å². The number of amides is 2. The van der Waals surface area contributed by atoms with Gasteiger partial charge in [-0.05, 0) is 32.4 Å². The number of rotatable bonds is 6. The van der Waals surface area contributed by atoms with Crippen LogP contribution in [0.2, 0.25) is 0 Å². The average Bonchev–Trinajstić information content (AvgIpc) is 3.09. The van der Waals surface area contributed by atoms with Crippen LogP contribution in [0.3, 0.4) is 0 Å². The molecule has 2 heterocycles. The fourth-order valence-corrected chi connectivity index (χ4v) is 4.20. The largest absolute Gasteiger partial charge is 0.443 e. The zero-order valence-electron chi connectivity index (χ0n) is 17.3. The monoisotopic (exact) mass is 445 g/mol. The van der Waals surface area contributed by atoms with Crippen molar-refractivity contribution in [3.8, 4) is 0 Å². The van der Waals surface area contributed by atoms with E-state index in [1.165, 1.54) is 18.5 Å². The minimum atomic E-state index is -3.75. The molecular weight excluding hydrogens is 422 g/mol. The quantitative estimate of drug-likeness (QED) is 0.613. The first-order valence-electron chi connectivity index (χ1n) is 9.36. The van der Waals surface area contributed by atoms with E-state index < -0.39 is 34.2 Å². The Balaban J connectivity index is 1.96. The molecule has 11 heteroatoms. The SMILES string of the molecule is CC(C)(C)OC(=O)N(CC(N)=O)c1cnc2c(ccn2S(=O)(=O)Cc2ccccc2)n1. The normalized spacial score (nSPS) is 12.0. The molecule has 0 fully saturated rings. The fraction of sp³-hybridized carbons (Fsp3) is 0.300. The van der Waals surface area contributed by atoms with Gasteiger partial charge in [0, 0.05) is 6.20 Å². The molecule has 1 aromatic carbocycles. The van der Waals surface area contributed by atoms with Crippen molar-refractivity contribution < 1.29 is 22.7 Å². The number of hydrogen-bond acceptors (Lipinski definition) is 7. The summed E-state index contributed by atoms with van der Waals surface area (Å²) in [5, 5.41) is 0. The topological polar surface area (TPSA) is 137 Å². The first kappa shape index (κ1) is 22.2. The number of nitrogens with zero attached hydrogens (tertiary/aromatic N) is 4. The third-order valence-electron chi connectivity index (χ3n) is 4.04. The highest BCUT2D eigenvalue weighted by molar-refractivity contribution is 7.89. The summed E-state index contributed by atoms with van der Waals surface area (Å²) in [6.07, 6.45) is 1.72. The molecule has 0 aliphatic rings. The maximum atomic E-state index is 12.9. The number of ether oxygens (including phenoxy) is 1. The summed E-state index contributed by atoms with van der Waals surface area (Å²) in [6.45, 7) is 4.57. The summed E-state index contributed by atoms with van der Waals surface area (Å²) in [5.74, 6) is -0.971. The molecule has 3 rings (SSSR count). The average molecular weight is 446 g/mol. The fourth-order valence-electron chi connectivity index (χ4n) is 2.80. The maximum Gasteiger partial charge on any atom is 0.416 e. The van der Waals surface area contributed by atoms with Gasteiger partial charge >= 0.3 is 6.09 Å². The number of nitrogens with two attached hydrogens (primary N) is 1. The Morgan fingerprint density at radius 1 is 1.16 bits per heavy atom. The Labute approximate surface area is 179 Å². The molecule has 2 amide bonds. The maximum absolute atomic E-state index is 12.9. The van der Waals surface area contributed by atoms with Crippen molar-refractivity contribution in [3.63, 3.8) is 0 Å². The van der Waals surface area contributed by atoms with Gasteiger partial charge in [0.1, 0.15) is 17.7 Å². The predicted octanol–water partition coefficient (Wildman–Crippen LogP) is 2.04. The van der Waals surface area contributed by atoms with E-state index in [4.69, 9.17) is 10.5 Å². The number of primary amides is 1. The van der Waals surface area contributed by atoms with Crippen LogP contribution in [0.25, 0.3) is 11.2 Å². The molecule has 0 aliphatic carbocycles. The molecule has 0 bridgehead atoms. The molecule has 2 N–H and O–H groups in total. The van der Waals surface area contributed by atoms with E-state index in [2.05, 4.69) is 9.97 Å². The third-order valence-corrected chi connectivity index (χ3v) is 5.63. The number of hydrogen-bond donors (Lipinski definition) is 1. The van der Waals surface area contributed by atoms with Gasteiger partial charge in [0.2, 0.25) is 15.9 Å². The molecule has 0 saturated carbocycles. The minimum Gasteiger partial charge on any atom is -0.443 e. The van der Waals surface area contributed by atoms with Crippen molar-refractivity contribution in [1.82, 2.24) is 13.9 Å². The molecule has 0 unspecified atom stereocenters. The van der Waals surface area contributed by atoms with E-state index in [0.717, 1.165) is 8.87 Å². The van der Waals surface area contributed by atoms with Gasteiger partial charge in [-0.3, -0.25) is 9.69 Å². The number of carbonyl (C=O) groups is 2. The van der Waals surface area contributed by atoms with Crippen LogP contribution in [-0.4, -0.2) is 46.5 Å². The second kappa shape index (κ2) is 8.34. The molecule has 0 radical (unpaired) electrons. The Bertz CT molecular complexity index is 1220. The highest BCUT2D eigenvalue weighted by Crippen LogP contribution is 2.21. The van der Waals surface area contributed by atoms with Crippen molar-refractivity contribution >= 4 is 39.0 Å². The van der Waals surface area contributed by atoms with Crippen LogP contribution in [0.4, 0.5) is 10.6 Å². The third kappa shape index (κ3) is 5.37. The van der Waals surface area contributed by atoms with E-state index in [1.54, 1.807) is 51.1 Å². The van der Waals surface area contributed by atoms with Crippen LogP contribution in [0.15, 0.2) is 48.8 Å². The zero-order chi connectivity index (χ0) is 22.8. The first-order chi connectivity index (χ1) is 14.5. The number of anilines is 1. The summed E-state index contributed by atoms with van der Waals surface area (Å²) in [7, 11) is -3.75. The second-order valence-corrected chi connectivity index (χ2v) is 9.67. The van der Waals surface area contributed by atoms with Gasteiger partial charge < -0.3 is 10.5 Å². The summed E-state index contributed by atoms with van der Waals surface area (Å²) in [4.78, 5) is 33.4. The van der Waals surface area contributed by atoms with Crippen LogP contribution in [0, 0.1) is 0 Å². The lowest BCUT2D eigenvalue weighted by molar-refractivity contribution is -0.116. The Hall–Kier alpha value is -3.47. The number of aromatic nitrogens is 3. The molecule has 3 aromatic rings. The van der Waals surface area contributed by atoms with Gasteiger partial charge in [0.25, 0.3) is 0 Å². The van der Waals surface area contributed by atoms with Crippen LogP contribution < -0.4 is 10.6 Å². The molecule has 2 aromatic heterocycles. The lowest BCUT2D eigenvalue weighted by atomic mass is 10.2. The number of fused-ring (bicyclic) bond motifs is 1. The van der Waals surface area contributed by atoms with E-state index >= 15 is 0 Å². The first-order valence-corrected chi connectivity index (χ1v) is 11.0. The second-order valence-electron chi connectivity index (χ2n) is 7.82. The molecular formula is C20H23N5O5S. The standard InChI is InChI=1S/C20H23N5O5S/c1-20(2,3)30-19(27)24(12-16(21)26)17-11-22-18-15(23-17)9-10-25(18)31(28,29)13-14-7-5-4-6-8-14/h4-11H,12-13H2,1-3H3,(H2,21,26). The van der Waals surface area contributed by atoms with Crippen LogP contribution >= 0.6 is 0 Å². The van der Waals surface area contributed by atoms with Gasteiger partial charge in [-0.15, -0.1) is 0 Å². The molecule has 0 atom stereocenters. The van der Waals surface area contributed by atoms with E-state index in [9.17, 15) is 18.0 Å². The molecule has 0 aliphatic heterocycles. The zero-order valence-corrected chi connectivity index (χ0v) is 18.2. The summed E-state index contributed by atoms with van der Waals surface area (Å²) >= 11 is 0. The summed E-state index contributed by atoms with van der Waals surface area (Å²) in [5.41, 5.74) is 5.41. The summed E-state index contributed by atoms with van der Waals surface area (Å²) < 4.78 is 32.1. The van der Waals surface area contributed by atoms with Gasteiger partial charge in [-0.2, -0.15) is 0 Å². The Morgan fingerprint density at radius 3 is 2.45 bits per heavy atom.